The third kappa shape index (κ3) is 3.70. The van der Waals surface area contributed by atoms with E-state index in [1.807, 2.05) is 28.2 Å². The fourth-order valence-corrected chi connectivity index (χ4v) is 6.60. The molecule has 0 N–H and O–H groups in total. The van der Waals surface area contributed by atoms with Gasteiger partial charge in [-0.05, 0) is 48.4 Å². The Hall–Kier alpha value is -2.42. The summed E-state index contributed by atoms with van der Waals surface area (Å²) in [5.41, 5.74) is 4.06. The van der Waals surface area contributed by atoms with Crippen LogP contribution in [0.2, 0.25) is 0 Å². The number of hydrogen-bond acceptors (Lipinski definition) is 7. The van der Waals surface area contributed by atoms with Crippen LogP contribution in [0.25, 0.3) is 11.4 Å². The lowest BCUT2D eigenvalue weighted by Crippen LogP contribution is -2.36. The number of hydrogen-bond donors (Lipinski definition) is 0. The highest BCUT2D eigenvalue weighted by molar-refractivity contribution is 7.17. The lowest BCUT2D eigenvalue weighted by molar-refractivity contribution is 0.0366. The Morgan fingerprint density at radius 3 is 2.97 bits per heavy atom. The molecule has 3 aliphatic rings. The number of fused-ring (bicyclic) bond motifs is 5. The van der Waals surface area contributed by atoms with E-state index < -0.39 is 0 Å². The maximum atomic E-state index is 5.72. The first-order valence-corrected chi connectivity index (χ1v) is 12.3. The molecule has 168 valence electrons. The van der Waals surface area contributed by atoms with Crippen molar-refractivity contribution in [1.82, 2.24) is 19.7 Å². The molecule has 0 bridgehead atoms. The van der Waals surface area contributed by atoms with Gasteiger partial charge in [-0.2, -0.15) is 5.10 Å². The summed E-state index contributed by atoms with van der Waals surface area (Å²) in [6.45, 7) is 6.72. The second-order valence-electron chi connectivity index (χ2n) is 9.02. The van der Waals surface area contributed by atoms with Gasteiger partial charge in [0.2, 0.25) is 0 Å². The second kappa shape index (κ2) is 8.50. The summed E-state index contributed by atoms with van der Waals surface area (Å²) in [5, 5.41) is 5.86. The van der Waals surface area contributed by atoms with E-state index in [1.165, 1.54) is 39.4 Å². The van der Waals surface area contributed by atoms with Crippen LogP contribution in [0.1, 0.15) is 28.8 Å². The molecule has 0 spiro atoms. The van der Waals surface area contributed by atoms with Gasteiger partial charge in [0.15, 0.2) is 5.82 Å². The van der Waals surface area contributed by atoms with E-state index in [1.54, 1.807) is 13.4 Å². The van der Waals surface area contributed by atoms with Gasteiger partial charge in [-0.25, -0.2) is 9.67 Å². The molecule has 2 aromatic heterocycles. The summed E-state index contributed by atoms with van der Waals surface area (Å²) in [5.74, 6) is 2.59. The first-order valence-electron chi connectivity index (χ1n) is 11.5. The highest BCUT2D eigenvalue weighted by Gasteiger charge is 2.33. The monoisotopic (exact) mass is 451 g/mol. The van der Waals surface area contributed by atoms with Crippen LogP contribution in [-0.4, -0.2) is 53.1 Å². The minimum absolute atomic E-state index is 0.676. The van der Waals surface area contributed by atoms with Crippen LogP contribution in [0.5, 0.6) is 5.75 Å². The number of aromatic nitrogens is 3. The molecule has 0 amide bonds. The Labute approximate surface area is 192 Å². The molecular formula is C24H29N5O2S. The fraction of sp³-hybridized carbons (Fsp3) is 0.500. The van der Waals surface area contributed by atoms with Gasteiger partial charge < -0.3 is 14.4 Å². The SMILES string of the molecule is COc1ccc(CN2Cn3ncnc3-c3c2sc2c3CCN(CC3CCCOC3)C2)cc1. The van der Waals surface area contributed by atoms with E-state index in [0.29, 0.717) is 5.92 Å². The van der Waals surface area contributed by atoms with Gasteiger partial charge in [0, 0.05) is 37.7 Å². The Morgan fingerprint density at radius 1 is 1.25 bits per heavy atom. The molecular weight excluding hydrogens is 422 g/mol. The van der Waals surface area contributed by atoms with Crippen molar-refractivity contribution in [2.75, 3.05) is 38.3 Å². The van der Waals surface area contributed by atoms with Crippen molar-refractivity contribution in [2.45, 2.75) is 39.0 Å². The average Bonchev–Trinajstić information content (AvgIpc) is 3.44. The highest BCUT2D eigenvalue weighted by atomic mass is 32.1. The predicted octanol–water partition coefficient (Wildman–Crippen LogP) is 3.78. The molecule has 6 rings (SSSR count). The van der Waals surface area contributed by atoms with Crippen molar-refractivity contribution >= 4 is 16.3 Å². The number of nitrogens with zero attached hydrogens (tertiary/aromatic N) is 5. The number of ether oxygens (including phenoxy) is 2. The van der Waals surface area contributed by atoms with Crippen LogP contribution < -0.4 is 9.64 Å². The van der Waals surface area contributed by atoms with Gasteiger partial charge in [0.05, 0.1) is 19.3 Å². The van der Waals surface area contributed by atoms with Crippen molar-refractivity contribution in [3.8, 4) is 17.1 Å². The van der Waals surface area contributed by atoms with Crippen LogP contribution in [0.4, 0.5) is 5.00 Å². The first kappa shape index (κ1) is 20.2. The first-order chi connectivity index (χ1) is 15.8. The summed E-state index contributed by atoms with van der Waals surface area (Å²) < 4.78 is 13.1. The lowest BCUT2D eigenvalue weighted by atomic mass is 9.98. The zero-order valence-corrected chi connectivity index (χ0v) is 19.3. The number of rotatable bonds is 5. The van der Waals surface area contributed by atoms with Crippen LogP contribution in [0.3, 0.4) is 0 Å². The molecule has 1 fully saturated rings. The maximum Gasteiger partial charge on any atom is 0.163 e. The molecule has 3 aromatic rings. The van der Waals surface area contributed by atoms with Crippen molar-refractivity contribution in [1.29, 1.82) is 0 Å². The largest absolute Gasteiger partial charge is 0.497 e. The Bertz CT molecular complexity index is 1090. The highest BCUT2D eigenvalue weighted by Crippen LogP contribution is 2.47. The molecule has 32 heavy (non-hydrogen) atoms. The van der Waals surface area contributed by atoms with E-state index in [-0.39, 0.29) is 0 Å². The molecule has 1 saturated heterocycles. The van der Waals surface area contributed by atoms with Gasteiger partial charge in [-0.1, -0.05) is 12.1 Å². The van der Waals surface area contributed by atoms with E-state index >= 15 is 0 Å². The van der Waals surface area contributed by atoms with Crippen molar-refractivity contribution in [3.63, 3.8) is 0 Å². The molecule has 0 aliphatic carbocycles. The lowest BCUT2D eigenvalue weighted by Gasteiger charge is -2.32. The number of benzene rings is 1. The molecule has 5 heterocycles. The summed E-state index contributed by atoms with van der Waals surface area (Å²) in [6, 6.07) is 8.37. The topological polar surface area (TPSA) is 55.7 Å². The predicted molar refractivity (Wildman–Crippen MR) is 125 cm³/mol. The summed E-state index contributed by atoms with van der Waals surface area (Å²) in [6.07, 6.45) is 5.27. The van der Waals surface area contributed by atoms with Crippen LogP contribution in [-0.2, 0) is 30.9 Å². The van der Waals surface area contributed by atoms with Gasteiger partial charge in [-0.15, -0.1) is 11.3 Å². The quantitative estimate of drug-likeness (QED) is 0.589. The van der Waals surface area contributed by atoms with E-state index in [2.05, 4.69) is 32.0 Å². The summed E-state index contributed by atoms with van der Waals surface area (Å²) in [7, 11) is 1.71. The van der Waals surface area contributed by atoms with Crippen LogP contribution in [0.15, 0.2) is 30.6 Å². The Kier molecular flexibility index (Phi) is 5.37. The summed E-state index contributed by atoms with van der Waals surface area (Å²) >= 11 is 1.95. The minimum Gasteiger partial charge on any atom is -0.497 e. The maximum absolute atomic E-state index is 5.72. The molecule has 8 heteroatoms. The van der Waals surface area contributed by atoms with Gasteiger partial charge in [-0.3, -0.25) is 4.90 Å². The van der Waals surface area contributed by atoms with Crippen molar-refractivity contribution in [2.24, 2.45) is 5.92 Å². The molecule has 1 unspecified atom stereocenters. The summed E-state index contributed by atoms with van der Waals surface area (Å²) in [4.78, 5) is 11.2. The zero-order chi connectivity index (χ0) is 21.5. The Balaban J connectivity index is 1.28. The third-order valence-corrected chi connectivity index (χ3v) is 8.13. The average molecular weight is 452 g/mol. The van der Waals surface area contributed by atoms with E-state index in [9.17, 15) is 0 Å². The third-order valence-electron chi connectivity index (χ3n) is 6.85. The smallest absolute Gasteiger partial charge is 0.163 e. The molecule has 7 nitrogen and oxygen atoms in total. The fourth-order valence-electron chi connectivity index (χ4n) is 5.23. The zero-order valence-electron chi connectivity index (χ0n) is 18.5. The number of methoxy groups -OCH3 is 1. The molecule has 0 radical (unpaired) electrons. The van der Waals surface area contributed by atoms with Crippen molar-refractivity contribution < 1.29 is 9.47 Å². The van der Waals surface area contributed by atoms with Gasteiger partial charge in [0.25, 0.3) is 0 Å². The van der Waals surface area contributed by atoms with E-state index in [4.69, 9.17) is 9.47 Å². The molecule has 1 aromatic carbocycles. The standard InChI is InChI=1S/C24H29N5O2S/c1-30-19-6-4-17(5-7-19)12-28-16-29-23(25-15-26-29)22-20-8-9-27(13-21(20)32-24(22)28)11-18-3-2-10-31-14-18/h4-7,15,18H,2-3,8-14,16H2,1H3. The van der Waals surface area contributed by atoms with Crippen LogP contribution in [0, 0.1) is 5.92 Å². The van der Waals surface area contributed by atoms with Crippen molar-refractivity contribution in [3.05, 3.63) is 46.6 Å². The Morgan fingerprint density at radius 2 is 2.16 bits per heavy atom. The molecule has 3 aliphatic heterocycles. The normalized spacial score (nSPS) is 20.5. The van der Waals surface area contributed by atoms with Crippen LogP contribution >= 0.6 is 11.3 Å². The molecule has 1 atom stereocenters. The number of thiophene rings is 1. The van der Waals surface area contributed by atoms with E-state index in [0.717, 1.165) is 64.1 Å². The second-order valence-corrected chi connectivity index (χ2v) is 10.1. The minimum atomic E-state index is 0.676. The van der Waals surface area contributed by atoms with Gasteiger partial charge >= 0.3 is 0 Å². The number of anilines is 1. The molecule has 0 saturated carbocycles. The van der Waals surface area contributed by atoms with Gasteiger partial charge in [0.1, 0.15) is 23.7 Å².